The van der Waals surface area contributed by atoms with Gasteiger partial charge in [0.25, 0.3) is 0 Å². The molecular weight excluding hydrogens is 394 g/mol. The van der Waals surface area contributed by atoms with Crippen LogP contribution in [0.1, 0.15) is 33.1 Å². The number of carbonyl (C=O) groups is 2. The summed E-state index contributed by atoms with van der Waals surface area (Å²) >= 11 is 0. The lowest BCUT2D eigenvalue weighted by Gasteiger charge is -2.26. The van der Waals surface area contributed by atoms with Crippen molar-refractivity contribution >= 4 is 30.0 Å². The fourth-order valence-corrected chi connectivity index (χ4v) is 6.21. The van der Waals surface area contributed by atoms with Crippen molar-refractivity contribution in [2.45, 2.75) is 58.3 Å². The highest BCUT2D eigenvalue weighted by Crippen LogP contribution is 2.13. The fraction of sp³-hybridized carbons (Fsp3) is 0.895. The van der Waals surface area contributed by atoms with E-state index in [1.54, 1.807) is 0 Å². The van der Waals surface area contributed by atoms with Gasteiger partial charge in [-0.25, -0.2) is 0 Å². The summed E-state index contributed by atoms with van der Waals surface area (Å²) in [7, 11) is 0.485. The summed E-state index contributed by atoms with van der Waals surface area (Å²) in [5.74, 6) is -1.24. The number of esters is 2. The Balaban J connectivity index is 4.79. The minimum absolute atomic E-state index is 0.0495. The van der Waals surface area contributed by atoms with E-state index in [0.717, 1.165) is 51.2 Å². The highest BCUT2D eigenvalue weighted by atomic mass is 28.3. The molecule has 0 aromatic rings. The summed E-state index contributed by atoms with van der Waals surface area (Å²) in [6.45, 7) is 12.4. The van der Waals surface area contributed by atoms with Gasteiger partial charge in [-0.2, -0.15) is 0 Å². The zero-order valence-electron chi connectivity index (χ0n) is 18.7. The van der Waals surface area contributed by atoms with E-state index in [1.165, 1.54) is 14.2 Å². The molecule has 0 aliphatic carbocycles. The SMILES string of the molecule is CCO[SiH](C)CCCN(CCC[SiH](C)OCC)CC(CC(=O)OC)C(=O)OC. The Labute approximate surface area is 174 Å². The molecule has 0 spiro atoms. The molecule has 0 N–H and O–H groups in total. The largest absolute Gasteiger partial charge is 0.469 e. The van der Waals surface area contributed by atoms with Crippen LogP contribution in [-0.2, 0) is 27.9 Å². The lowest BCUT2D eigenvalue weighted by Crippen LogP contribution is -2.37. The molecule has 166 valence electrons. The topological polar surface area (TPSA) is 74.3 Å². The lowest BCUT2D eigenvalue weighted by molar-refractivity contribution is -0.152. The molecule has 0 aromatic heterocycles. The minimum Gasteiger partial charge on any atom is -0.469 e. The van der Waals surface area contributed by atoms with E-state index in [-0.39, 0.29) is 18.4 Å². The van der Waals surface area contributed by atoms with Crippen LogP contribution in [0.3, 0.4) is 0 Å². The molecule has 3 atom stereocenters. The molecule has 3 unspecified atom stereocenters. The molecule has 0 aromatic carbocycles. The van der Waals surface area contributed by atoms with Gasteiger partial charge in [-0.05, 0) is 65.0 Å². The maximum absolute atomic E-state index is 12.2. The van der Waals surface area contributed by atoms with Gasteiger partial charge in [0.2, 0.25) is 0 Å². The number of methoxy groups -OCH3 is 2. The molecule has 28 heavy (non-hydrogen) atoms. The van der Waals surface area contributed by atoms with Gasteiger partial charge in [0.15, 0.2) is 18.1 Å². The third-order valence-electron chi connectivity index (χ3n) is 4.73. The second-order valence-electron chi connectivity index (χ2n) is 7.12. The molecule has 0 amide bonds. The van der Waals surface area contributed by atoms with Crippen LogP contribution in [0.15, 0.2) is 0 Å². The average Bonchev–Trinajstić information content (AvgIpc) is 2.66. The summed E-state index contributed by atoms with van der Waals surface area (Å²) in [4.78, 5) is 26.1. The second-order valence-corrected chi connectivity index (χ2v) is 12.2. The Hall–Kier alpha value is -0.746. The molecule has 9 heteroatoms. The summed E-state index contributed by atoms with van der Waals surface area (Å²) < 4.78 is 21.1. The average molecular weight is 436 g/mol. The van der Waals surface area contributed by atoms with Crippen molar-refractivity contribution in [1.29, 1.82) is 0 Å². The van der Waals surface area contributed by atoms with Crippen LogP contribution < -0.4 is 0 Å². The molecule has 0 saturated carbocycles. The molecular formula is C19H41NO6Si2. The second kappa shape index (κ2) is 17.1. The van der Waals surface area contributed by atoms with Gasteiger partial charge < -0.3 is 23.2 Å². The van der Waals surface area contributed by atoms with E-state index < -0.39 is 24.0 Å². The highest BCUT2D eigenvalue weighted by Gasteiger charge is 2.26. The standard InChI is InChI=1S/C19H41NO6Si2/c1-7-25-27(5)13-9-11-20(12-10-14-28(6)26-8-2)16-17(19(22)24-4)15-18(21)23-3/h17,27-28H,7-16H2,1-6H3. The molecule has 0 aliphatic rings. The van der Waals surface area contributed by atoms with Gasteiger partial charge in [-0.3, -0.25) is 9.59 Å². The van der Waals surface area contributed by atoms with Crippen LogP contribution in [0.2, 0.25) is 25.2 Å². The summed E-state index contributed by atoms with van der Waals surface area (Å²) in [5.41, 5.74) is 0. The molecule has 0 bridgehead atoms. The molecule has 0 heterocycles. The Morgan fingerprint density at radius 2 is 1.39 bits per heavy atom. The predicted molar refractivity (Wildman–Crippen MR) is 117 cm³/mol. The maximum Gasteiger partial charge on any atom is 0.310 e. The molecule has 7 nitrogen and oxygen atoms in total. The van der Waals surface area contributed by atoms with E-state index in [1.807, 2.05) is 13.8 Å². The number of hydrogen-bond acceptors (Lipinski definition) is 7. The van der Waals surface area contributed by atoms with Crippen molar-refractivity contribution in [3.05, 3.63) is 0 Å². The summed E-state index contributed by atoms with van der Waals surface area (Å²) in [5, 5.41) is 0. The van der Waals surface area contributed by atoms with Gasteiger partial charge in [0, 0.05) is 19.8 Å². The first-order chi connectivity index (χ1) is 13.4. The zero-order chi connectivity index (χ0) is 21.4. The van der Waals surface area contributed by atoms with Crippen LogP contribution in [0.5, 0.6) is 0 Å². The first-order valence-electron chi connectivity index (χ1n) is 10.5. The van der Waals surface area contributed by atoms with Crippen molar-refractivity contribution in [1.82, 2.24) is 4.90 Å². The molecule has 0 rings (SSSR count). The number of carbonyl (C=O) groups excluding carboxylic acids is 2. The Morgan fingerprint density at radius 1 is 0.893 bits per heavy atom. The highest BCUT2D eigenvalue weighted by molar-refractivity contribution is 6.50. The number of nitrogens with zero attached hydrogens (tertiary/aromatic N) is 1. The monoisotopic (exact) mass is 435 g/mol. The lowest BCUT2D eigenvalue weighted by atomic mass is 10.0. The summed E-state index contributed by atoms with van der Waals surface area (Å²) in [6.07, 6.45) is 2.13. The third kappa shape index (κ3) is 13.4. The maximum atomic E-state index is 12.2. The van der Waals surface area contributed by atoms with E-state index in [4.69, 9.17) is 18.3 Å². The quantitative estimate of drug-likeness (QED) is 0.256. The van der Waals surface area contributed by atoms with Crippen LogP contribution in [-0.4, -0.2) is 82.0 Å². The van der Waals surface area contributed by atoms with Gasteiger partial charge in [0.05, 0.1) is 26.6 Å². The Morgan fingerprint density at radius 3 is 1.79 bits per heavy atom. The van der Waals surface area contributed by atoms with Crippen molar-refractivity contribution in [3.8, 4) is 0 Å². The van der Waals surface area contributed by atoms with Gasteiger partial charge in [-0.15, -0.1) is 0 Å². The first-order valence-corrected chi connectivity index (χ1v) is 15.4. The van der Waals surface area contributed by atoms with Crippen LogP contribution in [0.4, 0.5) is 0 Å². The van der Waals surface area contributed by atoms with E-state index in [9.17, 15) is 9.59 Å². The van der Waals surface area contributed by atoms with E-state index in [2.05, 4.69) is 18.0 Å². The number of rotatable bonds is 17. The fourth-order valence-electron chi connectivity index (χ4n) is 3.22. The van der Waals surface area contributed by atoms with E-state index >= 15 is 0 Å². The van der Waals surface area contributed by atoms with Gasteiger partial charge >= 0.3 is 11.9 Å². The number of hydrogen-bond donors (Lipinski definition) is 0. The van der Waals surface area contributed by atoms with Gasteiger partial charge in [-0.1, -0.05) is 0 Å². The summed E-state index contributed by atoms with van der Waals surface area (Å²) in [6, 6.07) is 2.21. The smallest absolute Gasteiger partial charge is 0.310 e. The van der Waals surface area contributed by atoms with Crippen molar-refractivity contribution in [2.75, 3.05) is 47.1 Å². The molecule has 0 aliphatic heterocycles. The van der Waals surface area contributed by atoms with Crippen LogP contribution in [0, 0.1) is 5.92 Å². The first kappa shape index (κ1) is 27.3. The Kier molecular flexibility index (Phi) is 16.7. The van der Waals surface area contributed by atoms with Crippen molar-refractivity contribution < 1.29 is 27.9 Å². The zero-order valence-corrected chi connectivity index (χ0v) is 21.0. The molecule has 0 radical (unpaired) electrons. The van der Waals surface area contributed by atoms with Gasteiger partial charge in [0.1, 0.15) is 0 Å². The molecule has 0 saturated heterocycles. The minimum atomic E-state index is -1.11. The van der Waals surface area contributed by atoms with E-state index in [0.29, 0.717) is 6.54 Å². The third-order valence-corrected chi connectivity index (χ3v) is 8.97. The van der Waals surface area contributed by atoms with Crippen molar-refractivity contribution in [3.63, 3.8) is 0 Å². The predicted octanol–water partition coefficient (Wildman–Crippen LogP) is 2.20. The Bertz CT molecular complexity index is 409. The molecule has 0 fully saturated rings. The number of ether oxygens (including phenoxy) is 2. The normalized spacial score (nSPS) is 14.5. The van der Waals surface area contributed by atoms with Crippen LogP contribution in [0.25, 0.3) is 0 Å². The van der Waals surface area contributed by atoms with Crippen molar-refractivity contribution in [2.24, 2.45) is 5.92 Å². The van der Waals surface area contributed by atoms with Crippen LogP contribution >= 0.6 is 0 Å².